The molecule has 112 valence electrons. The molecule has 0 saturated carbocycles. The van der Waals surface area contributed by atoms with Crippen molar-refractivity contribution in [1.82, 2.24) is 0 Å². The van der Waals surface area contributed by atoms with Crippen LogP contribution >= 0.6 is 0 Å². The van der Waals surface area contributed by atoms with E-state index >= 15 is 0 Å². The zero-order valence-electron chi connectivity index (χ0n) is 12.3. The van der Waals surface area contributed by atoms with E-state index in [0.29, 0.717) is 25.9 Å². The van der Waals surface area contributed by atoms with Crippen LogP contribution in [-0.2, 0) is 20.8 Å². The van der Waals surface area contributed by atoms with E-state index in [2.05, 4.69) is 29.6 Å². The van der Waals surface area contributed by atoms with Gasteiger partial charge in [0.05, 0.1) is 19.8 Å². The zero-order valence-corrected chi connectivity index (χ0v) is 12.3. The first-order chi connectivity index (χ1) is 9.88. The Bertz CT molecular complexity index is 376. The van der Waals surface area contributed by atoms with E-state index in [1.54, 1.807) is 7.11 Å². The first-order valence-electron chi connectivity index (χ1n) is 7.38. The fourth-order valence-electron chi connectivity index (χ4n) is 2.37. The molecular formula is C16H25NO3. The molecule has 1 atom stereocenters. The summed E-state index contributed by atoms with van der Waals surface area (Å²) in [6.45, 7) is 3.66. The molecule has 1 saturated heterocycles. The van der Waals surface area contributed by atoms with Crippen LogP contribution in [0.5, 0.6) is 0 Å². The average Bonchev–Trinajstić information content (AvgIpc) is 2.73. The second-order valence-corrected chi connectivity index (χ2v) is 5.13. The van der Waals surface area contributed by atoms with Crippen LogP contribution in [-0.4, -0.2) is 39.6 Å². The lowest BCUT2D eigenvalue weighted by molar-refractivity contribution is 0.0617. The summed E-state index contributed by atoms with van der Waals surface area (Å²) >= 11 is 0. The fraction of sp³-hybridized carbons (Fsp3) is 0.625. The molecule has 0 spiro atoms. The molecule has 0 aliphatic carbocycles. The molecule has 1 aromatic carbocycles. The van der Waals surface area contributed by atoms with Gasteiger partial charge in [0.1, 0.15) is 0 Å². The van der Waals surface area contributed by atoms with E-state index in [0.717, 1.165) is 26.1 Å². The van der Waals surface area contributed by atoms with Crippen LogP contribution in [0.2, 0.25) is 0 Å². The largest absolute Gasteiger partial charge is 0.382 e. The maximum atomic E-state index is 5.55. The molecule has 4 heteroatoms. The summed E-state index contributed by atoms with van der Waals surface area (Å²) in [5, 5.41) is 3.60. The highest BCUT2D eigenvalue weighted by molar-refractivity contribution is 5.46. The predicted molar refractivity (Wildman–Crippen MR) is 80.1 cm³/mol. The normalized spacial score (nSPS) is 19.6. The topological polar surface area (TPSA) is 39.7 Å². The zero-order chi connectivity index (χ0) is 14.0. The molecule has 1 aromatic rings. The van der Waals surface area contributed by atoms with E-state index in [1.807, 2.05) is 0 Å². The van der Waals surface area contributed by atoms with Gasteiger partial charge in [-0.05, 0) is 37.0 Å². The molecule has 20 heavy (non-hydrogen) atoms. The molecule has 1 N–H and O–H groups in total. The fourth-order valence-corrected chi connectivity index (χ4v) is 2.37. The van der Waals surface area contributed by atoms with Crippen LogP contribution in [0.25, 0.3) is 0 Å². The quantitative estimate of drug-likeness (QED) is 0.779. The van der Waals surface area contributed by atoms with Crippen LogP contribution in [0.3, 0.4) is 0 Å². The Morgan fingerprint density at radius 1 is 1.25 bits per heavy atom. The summed E-state index contributed by atoms with van der Waals surface area (Å²) in [5.41, 5.74) is 2.36. The smallest absolute Gasteiger partial charge is 0.0718 e. The van der Waals surface area contributed by atoms with Crippen molar-refractivity contribution in [2.45, 2.75) is 31.9 Å². The van der Waals surface area contributed by atoms with E-state index in [4.69, 9.17) is 14.2 Å². The van der Waals surface area contributed by atoms with Gasteiger partial charge in [0.25, 0.3) is 0 Å². The van der Waals surface area contributed by atoms with Gasteiger partial charge in [0.2, 0.25) is 0 Å². The lowest BCUT2D eigenvalue weighted by Gasteiger charge is -2.17. The van der Waals surface area contributed by atoms with Gasteiger partial charge in [-0.2, -0.15) is 0 Å². The molecule has 1 aliphatic rings. The summed E-state index contributed by atoms with van der Waals surface area (Å²) in [6.07, 6.45) is 3.39. The molecule has 1 heterocycles. The first-order valence-corrected chi connectivity index (χ1v) is 7.38. The van der Waals surface area contributed by atoms with Gasteiger partial charge in [-0.3, -0.25) is 0 Å². The molecule has 2 rings (SSSR count). The molecule has 0 bridgehead atoms. The van der Waals surface area contributed by atoms with Crippen LogP contribution in [0, 0.1) is 0 Å². The lowest BCUT2D eigenvalue weighted by atomic mass is 10.1. The Morgan fingerprint density at radius 2 is 2.20 bits per heavy atom. The van der Waals surface area contributed by atoms with E-state index < -0.39 is 0 Å². The SMILES string of the molecule is COCCOCc1cccc(NC2CCCOCC2)c1. The average molecular weight is 279 g/mol. The Morgan fingerprint density at radius 3 is 3.10 bits per heavy atom. The number of hydrogen-bond acceptors (Lipinski definition) is 4. The van der Waals surface area contributed by atoms with Crippen LogP contribution in [0.4, 0.5) is 5.69 Å². The van der Waals surface area contributed by atoms with E-state index in [9.17, 15) is 0 Å². The van der Waals surface area contributed by atoms with Crippen molar-refractivity contribution in [3.05, 3.63) is 29.8 Å². The van der Waals surface area contributed by atoms with Crippen molar-refractivity contribution in [3.8, 4) is 0 Å². The summed E-state index contributed by atoms with van der Waals surface area (Å²) in [4.78, 5) is 0. The number of rotatable bonds is 7. The number of ether oxygens (including phenoxy) is 3. The molecule has 1 unspecified atom stereocenters. The third-order valence-corrected chi connectivity index (χ3v) is 3.45. The van der Waals surface area contributed by atoms with Gasteiger partial charge < -0.3 is 19.5 Å². The summed E-state index contributed by atoms with van der Waals surface area (Å²) in [6, 6.07) is 8.96. The summed E-state index contributed by atoms with van der Waals surface area (Å²) in [5.74, 6) is 0. The number of anilines is 1. The second-order valence-electron chi connectivity index (χ2n) is 5.13. The van der Waals surface area contributed by atoms with Crippen molar-refractivity contribution >= 4 is 5.69 Å². The highest BCUT2D eigenvalue weighted by Gasteiger charge is 2.12. The van der Waals surface area contributed by atoms with Gasteiger partial charge in [0.15, 0.2) is 0 Å². The third kappa shape index (κ3) is 5.49. The van der Waals surface area contributed by atoms with Crippen molar-refractivity contribution in [1.29, 1.82) is 0 Å². The van der Waals surface area contributed by atoms with Crippen LogP contribution in [0.1, 0.15) is 24.8 Å². The monoisotopic (exact) mass is 279 g/mol. The third-order valence-electron chi connectivity index (χ3n) is 3.45. The predicted octanol–water partition coefficient (Wildman–Crippen LogP) is 2.83. The molecule has 1 aliphatic heterocycles. The van der Waals surface area contributed by atoms with E-state index in [1.165, 1.54) is 17.7 Å². The minimum absolute atomic E-state index is 0.516. The molecule has 4 nitrogen and oxygen atoms in total. The van der Waals surface area contributed by atoms with Gasteiger partial charge >= 0.3 is 0 Å². The molecule has 0 aromatic heterocycles. The minimum atomic E-state index is 0.516. The van der Waals surface area contributed by atoms with Crippen LogP contribution in [0.15, 0.2) is 24.3 Å². The van der Waals surface area contributed by atoms with Crippen molar-refractivity contribution in [3.63, 3.8) is 0 Å². The summed E-state index contributed by atoms with van der Waals surface area (Å²) in [7, 11) is 1.68. The minimum Gasteiger partial charge on any atom is -0.382 e. The van der Waals surface area contributed by atoms with Gasteiger partial charge in [0, 0.05) is 32.1 Å². The lowest BCUT2D eigenvalue weighted by Crippen LogP contribution is -2.19. The Hall–Kier alpha value is -1.10. The van der Waals surface area contributed by atoms with Crippen molar-refractivity contribution in [2.75, 3.05) is 38.9 Å². The Kier molecular flexibility index (Phi) is 6.84. The van der Waals surface area contributed by atoms with Crippen molar-refractivity contribution < 1.29 is 14.2 Å². The highest BCUT2D eigenvalue weighted by atomic mass is 16.5. The number of hydrogen-bond donors (Lipinski definition) is 1. The van der Waals surface area contributed by atoms with Crippen molar-refractivity contribution in [2.24, 2.45) is 0 Å². The van der Waals surface area contributed by atoms with Gasteiger partial charge in [-0.15, -0.1) is 0 Å². The number of nitrogens with one attached hydrogen (secondary N) is 1. The Labute approximate surface area is 121 Å². The maximum Gasteiger partial charge on any atom is 0.0718 e. The highest BCUT2D eigenvalue weighted by Crippen LogP contribution is 2.17. The molecular weight excluding hydrogens is 254 g/mol. The summed E-state index contributed by atoms with van der Waals surface area (Å²) < 4.78 is 16.0. The first kappa shape index (κ1) is 15.3. The Balaban J connectivity index is 1.81. The van der Waals surface area contributed by atoms with Gasteiger partial charge in [-0.1, -0.05) is 12.1 Å². The van der Waals surface area contributed by atoms with E-state index in [-0.39, 0.29) is 0 Å². The van der Waals surface area contributed by atoms with Crippen LogP contribution < -0.4 is 5.32 Å². The molecule has 1 fully saturated rings. The number of methoxy groups -OCH3 is 1. The maximum absolute atomic E-state index is 5.55. The second kappa shape index (κ2) is 8.95. The molecule has 0 radical (unpaired) electrons. The molecule has 0 amide bonds. The van der Waals surface area contributed by atoms with Gasteiger partial charge in [-0.25, -0.2) is 0 Å². The number of benzene rings is 1. The standard InChI is InChI=1S/C16H25NO3/c1-18-10-11-20-13-14-4-2-5-16(12-14)17-15-6-3-8-19-9-7-15/h2,4-5,12,15,17H,3,6-11,13H2,1H3.